The second-order valence-corrected chi connectivity index (χ2v) is 6.52. The highest BCUT2D eigenvalue weighted by atomic mass is 32.2. The maximum atomic E-state index is 11.9. The zero-order valence-electron chi connectivity index (χ0n) is 11.4. The molecule has 0 aliphatic heterocycles. The highest BCUT2D eigenvalue weighted by Crippen LogP contribution is 2.14. The Balaban J connectivity index is 2.98. The van der Waals surface area contributed by atoms with E-state index in [1.165, 1.54) is 45.4 Å². The van der Waals surface area contributed by atoms with Crippen molar-refractivity contribution in [1.29, 1.82) is 0 Å². The van der Waals surface area contributed by atoms with Crippen LogP contribution in [0.25, 0.3) is 0 Å². The van der Waals surface area contributed by atoms with Crippen molar-refractivity contribution in [3.05, 3.63) is 29.8 Å². The van der Waals surface area contributed by atoms with E-state index in [9.17, 15) is 18.0 Å². The van der Waals surface area contributed by atoms with E-state index in [2.05, 4.69) is 0 Å². The minimum atomic E-state index is -3.54. The second kappa shape index (κ2) is 6.02. The van der Waals surface area contributed by atoms with E-state index in [0.29, 0.717) is 0 Å². The van der Waals surface area contributed by atoms with Crippen molar-refractivity contribution in [2.45, 2.75) is 4.90 Å². The van der Waals surface area contributed by atoms with Gasteiger partial charge in [-0.1, -0.05) is 0 Å². The van der Waals surface area contributed by atoms with Crippen molar-refractivity contribution in [1.82, 2.24) is 9.21 Å². The first-order chi connectivity index (χ1) is 9.16. The molecule has 110 valence electrons. The quantitative estimate of drug-likeness (QED) is 0.831. The van der Waals surface area contributed by atoms with Crippen LogP contribution in [0, 0.1) is 0 Å². The van der Waals surface area contributed by atoms with Crippen molar-refractivity contribution < 1.29 is 23.1 Å². The van der Waals surface area contributed by atoms with Gasteiger partial charge in [0.25, 0.3) is 5.91 Å². The van der Waals surface area contributed by atoms with Gasteiger partial charge in [0, 0.05) is 26.7 Å². The second-order valence-electron chi connectivity index (χ2n) is 4.37. The highest BCUT2D eigenvalue weighted by Gasteiger charge is 2.19. The summed E-state index contributed by atoms with van der Waals surface area (Å²) in [4.78, 5) is 23.5. The third-order valence-corrected chi connectivity index (χ3v) is 4.43. The molecule has 0 fully saturated rings. The molecule has 0 aliphatic carbocycles. The van der Waals surface area contributed by atoms with Crippen molar-refractivity contribution in [3.8, 4) is 0 Å². The summed E-state index contributed by atoms with van der Waals surface area (Å²) < 4.78 is 24.8. The Morgan fingerprint density at radius 2 is 1.60 bits per heavy atom. The standard InChI is InChI=1S/C12H16N2O5S/c1-13(2)20(18,19)10-6-4-9(5-7-10)12(17)14(3)8-11(15)16/h4-7H,8H2,1-3H3,(H,15,16). The third-order valence-electron chi connectivity index (χ3n) is 2.60. The van der Waals surface area contributed by atoms with Gasteiger partial charge in [-0.2, -0.15) is 0 Å². The number of sulfonamides is 1. The van der Waals surface area contributed by atoms with Gasteiger partial charge in [-0.05, 0) is 24.3 Å². The first kappa shape index (κ1) is 16.1. The topological polar surface area (TPSA) is 95.0 Å². The number of aliphatic carboxylic acids is 1. The number of amides is 1. The van der Waals surface area contributed by atoms with E-state index in [-0.39, 0.29) is 10.5 Å². The zero-order valence-corrected chi connectivity index (χ0v) is 12.2. The van der Waals surface area contributed by atoms with Gasteiger partial charge < -0.3 is 10.0 Å². The van der Waals surface area contributed by atoms with Crippen molar-refractivity contribution in [3.63, 3.8) is 0 Å². The van der Waals surface area contributed by atoms with Crippen LogP contribution in [0.4, 0.5) is 0 Å². The number of likely N-dealkylation sites (N-methyl/N-ethyl adjacent to an activating group) is 1. The lowest BCUT2D eigenvalue weighted by molar-refractivity contribution is -0.137. The van der Waals surface area contributed by atoms with Crippen LogP contribution in [-0.4, -0.2) is 62.3 Å². The zero-order chi connectivity index (χ0) is 15.5. The van der Waals surface area contributed by atoms with Crippen molar-refractivity contribution >= 4 is 21.9 Å². The average molecular weight is 300 g/mol. The summed E-state index contributed by atoms with van der Waals surface area (Å²) in [5, 5.41) is 8.61. The number of carboxylic acid groups (broad SMARTS) is 1. The third kappa shape index (κ3) is 3.55. The Labute approximate surface area is 117 Å². The molecule has 20 heavy (non-hydrogen) atoms. The Morgan fingerprint density at radius 3 is 2.00 bits per heavy atom. The number of hydrogen-bond acceptors (Lipinski definition) is 4. The Bertz CT molecular complexity index is 607. The van der Waals surface area contributed by atoms with Gasteiger partial charge in [-0.3, -0.25) is 9.59 Å². The van der Waals surface area contributed by atoms with E-state index in [1.54, 1.807) is 0 Å². The highest BCUT2D eigenvalue weighted by molar-refractivity contribution is 7.89. The van der Waals surface area contributed by atoms with Crippen LogP contribution in [-0.2, 0) is 14.8 Å². The minimum absolute atomic E-state index is 0.0694. The summed E-state index contributed by atoms with van der Waals surface area (Å²) in [6, 6.07) is 5.35. The molecule has 1 N–H and O–H groups in total. The molecule has 0 radical (unpaired) electrons. The predicted molar refractivity (Wildman–Crippen MR) is 71.9 cm³/mol. The summed E-state index contributed by atoms with van der Waals surface area (Å²) >= 11 is 0. The molecule has 0 saturated carbocycles. The van der Waals surface area contributed by atoms with Crippen LogP contribution in [0.5, 0.6) is 0 Å². The van der Waals surface area contributed by atoms with Crippen molar-refractivity contribution in [2.24, 2.45) is 0 Å². The summed E-state index contributed by atoms with van der Waals surface area (Å²) in [7, 11) is 0.641. The smallest absolute Gasteiger partial charge is 0.323 e. The van der Waals surface area contributed by atoms with E-state index in [4.69, 9.17) is 5.11 Å². The van der Waals surface area contributed by atoms with Gasteiger partial charge in [0.15, 0.2) is 0 Å². The molecular formula is C12H16N2O5S. The molecule has 0 aromatic heterocycles. The fourth-order valence-electron chi connectivity index (χ4n) is 1.48. The number of hydrogen-bond donors (Lipinski definition) is 1. The fourth-order valence-corrected chi connectivity index (χ4v) is 2.38. The normalized spacial score (nSPS) is 11.4. The number of carbonyl (C=O) groups is 2. The lowest BCUT2D eigenvalue weighted by atomic mass is 10.2. The predicted octanol–water partition coefficient (Wildman–Crippen LogP) is 0.0935. The monoisotopic (exact) mass is 300 g/mol. The van der Waals surface area contributed by atoms with E-state index >= 15 is 0 Å². The van der Waals surface area contributed by atoms with Gasteiger partial charge >= 0.3 is 5.97 Å². The molecule has 0 bridgehead atoms. The number of benzene rings is 1. The molecule has 0 unspecified atom stereocenters. The Morgan fingerprint density at radius 1 is 1.10 bits per heavy atom. The van der Waals surface area contributed by atoms with Crippen LogP contribution in [0.1, 0.15) is 10.4 Å². The maximum absolute atomic E-state index is 11.9. The number of carbonyl (C=O) groups excluding carboxylic acids is 1. The Hall–Kier alpha value is -1.93. The Kier molecular flexibility index (Phi) is 4.85. The maximum Gasteiger partial charge on any atom is 0.323 e. The van der Waals surface area contributed by atoms with E-state index < -0.39 is 28.4 Å². The fraction of sp³-hybridized carbons (Fsp3) is 0.333. The molecule has 1 amide bonds. The summed E-state index contributed by atoms with van der Waals surface area (Å²) in [5.41, 5.74) is 0.228. The molecule has 1 rings (SSSR count). The van der Waals surface area contributed by atoms with Crippen molar-refractivity contribution in [2.75, 3.05) is 27.7 Å². The van der Waals surface area contributed by atoms with Gasteiger partial charge in [0.05, 0.1) is 4.90 Å². The van der Waals surface area contributed by atoms with E-state index in [0.717, 1.165) is 9.21 Å². The van der Waals surface area contributed by atoms with Crippen LogP contribution >= 0.6 is 0 Å². The van der Waals surface area contributed by atoms with Gasteiger partial charge in [0.2, 0.25) is 10.0 Å². The molecule has 0 saturated heterocycles. The first-order valence-corrected chi connectivity index (χ1v) is 7.10. The molecule has 7 nitrogen and oxygen atoms in total. The average Bonchev–Trinajstić information content (AvgIpc) is 2.37. The van der Waals surface area contributed by atoms with Gasteiger partial charge in [0.1, 0.15) is 6.54 Å². The summed E-state index contributed by atoms with van der Waals surface area (Å²) in [6.07, 6.45) is 0. The van der Waals surface area contributed by atoms with Gasteiger partial charge in [-0.25, -0.2) is 12.7 Å². The lowest BCUT2D eigenvalue weighted by Crippen LogP contribution is -2.32. The minimum Gasteiger partial charge on any atom is -0.480 e. The largest absolute Gasteiger partial charge is 0.480 e. The lowest BCUT2D eigenvalue weighted by Gasteiger charge is -2.15. The van der Waals surface area contributed by atoms with Crippen LogP contribution in [0.3, 0.4) is 0 Å². The molecule has 1 aromatic carbocycles. The molecule has 0 heterocycles. The van der Waals surface area contributed by atoms with Gasteiger partial charge in [-0.15, -0.1) is 0 Å². The first-order valence-electron chi connectivity index (χ1n) is 5.66. The van der Waals surface area contributed by atoms with Crippen LogP contribution in [0.2, 0.25) is 0 Å². The number of rotatable bonds is 5. The molecule has 0 atom stereocenters. The molecule has 8 heteroatoms. The molecule has 0 aliphatic rings. The summed E-state index contributed by atoms with van der Waals surface area (Å²) in [6.45, 7) is -0.420. The number of carboxylic acids is 1. The SMILES string of the molecule is CN(CC(=O)O)C(=O)c1ccc(S(=O)(=O)N(C)C)cc1. The summed E-state index contributed by atoms with van der Waals surface area (Å²) in [5.74, 6) is -1.60. The molecule has 0 spiro atoms. The van der Waals surface area contributed by atoms with Crippen LogP contribution < -0.4 is 0 Å². The number of nitrogens with zero attached hydrogens (tertiary/aromatic N) is 2. The van der Waals surface area contributed by atoms with Crippen LogP contribution in [0.15, 0.2) is 29.2 Å². The molecular weight excluding hydrogens is 284 g/mol. The van der Waals surface area contributed by atoms with E-state index in [1.807, 2.05) is 0 Å². The molecule has 1 aromatic rings.